The van der Waals surface area contributed by atoms with Crippen LogP contribution in [0.25, 0.3) is 10.2 Å². The Labute approximate surface area is 167 Å². The standard InChI is InChI=1S/C18H17F3N4O3S/c1-9(24-10(2)26)8-27-13-6-23-14(7-22-13)28-12-5-4-11-16(15(12)19)29-17(25-11)18(3,20)21/h4-7,9H,8H2,1-3H3,(H,24,26). The molecule has 29 heavy (non-hydrogen) atoms. The first-order valence-electron chi connectivity index (χ1n) is 8.50. The van der Waals surface area contributed by atoms with E-state index in [4.69, 9.17) is 9.47 Å². The molecule has 0 aliphatic carbocycles. The minimum absolute atomic E-state index is 0.00364. The summed E-state index contributed by atoms with van der Waals surface area (Å²) in [7, 11) is 0. The number of carbonyl (C=O) groups is 1. The molecule has 3 aromatic rings. The molecule has 1 aromatic carbocycles. The second-order valence-corrected chi connectivity index (χ2v) is 7.34. The maximum absolute atomic E-state index is 14.6. The molecule has 2 aromatic heterocycles. The highest BCUT2D eigenvalue weighted by molar-refractivity contribution is 7.18. The van der Waals surface area contributed by atoms with Gasteiger partial charge in [0.25, 0.3) is 5.92 Å². The van der Waals surface area contributed by atoms with Crippen LogP contribution >= 0.6 is 11.3 Å². The Hall–Kier alpha value is -2.95. The van der Waals surface area contributed by atoms with Crippen LogP contribution in [-0.2, 0) is 10.7 Å². The fourth-order valence-electron chi connectivity index (χ4n) is 2.35. The molecule has 1 unspecified atom stereocenters. The number of aromatic nitrogens is 3. The van der Waals surface area contributed by atoms with Gasteiger partial charge < -0.3 is 14.8 Å². The molecule has 0 saturated carbocycles. The van der Waals surface area contributed by atoms with Gasteiger partial charge in [-0.3, -0.25) is 4.79 Å². The number of hydrogen-bond donors (Lipinski definition) is 1. The van der Waals surface area contributed by atoms with E-state index < -0.39 is 16.7 Å². The van der Waals surface area contributed by atoms with Crippen LogP contribution in [0.15, 0.2) is 24.5 Å². The zero-order chi connectivity index (χ0) is 21.2. The Kier molecular flexibility index (Phi) is 5.87. The molecule has 1 N–H and O–H groups in total. The lowest BCUT2D eigenvalue weighted by Gasteiger charge is -2.13. The Bertz CT molecular complexity index is 1020. The highest BCUT2D eigenvalue weighted by Crippen LogP contribution is 2.38. The monoisotopic (exact) mass is 426 g/mol. The van der Waals surface area contributed by atoms with E-state index in [1.54, 1.807) is 6.92 Å². The van der Waals surface area contributed by atoms with Crippen LogP contribution < -0.4 is 14.8 Å². The summed E-state index contributed by atoms with van der Waals surface area (Å²) in [6.07, 6.45) is 2.52. The van der Waals surface area contributed by atoms with Crippen LogP contribution in [0.2, 0.25) is 0 Å². The van der Waals surface area contributed by atoms with E-state index in [1.807, 2.05) is 0 Å². The second-order valence-electron chi connectivity index (χ2n) is 6.34. The van der Waals surface area contributed by atoms with Gasteiger partial charge in [0.1, 0.15) is 6.61 Å². The Morgan fingerprint density at radius 2 is 1.97 bits per heavy atom. The number of nitrogens with zero attached hydrogens (tertiary/aromatic N) is 3. The van der Waals surface area contributed by atoms with Gasteiger partial charge in [-0.15, -0.1) is 11.3 Å². The highest BCUT2D eigenvalue weighted by Gasteiger charge is 2.30. The second kappa shape index (κ2) is 8.19. The van der Waals surface area contributed by atoms with Crippen LogP contribution in [0.4, 0.5) is 13.2 Å². The van der Waals surface area contributed by atoms with Crippen LogP contribution in [0.1, 0.15) is 25.8 Å². The summed E-state index contributed by atoms with van der Waals surface area (Å²) in [5, 5.41) is 2.19. The first-order valence-corrected chi connectivity index (χ1v) is 9.32. The number of thiazole rings is 1. The van der Waals surface area contributed by atoms with Crippen molar-refractivity contribution in [3.8, 4) is 17.5 Å². The fourth-order valence-corrected chi connectivity index (χ4v) is 3.28. The summed E-state index contributed by atoms with van der Waals surface area (Å²) in [5.41, 5.74) is 0.125. The van der Waals surface area contributed by atoms with E-state index >= 15 is 0 Å². The van der Waals surface area contributed by atoms with Crippen molar-refractivity contribution in [2.24, 2.45) is 0 Å². The first-order chi connectivity index (χ1) is 13.6. The summed E-state index contributed by atoms with van der Waals surface area (Å²) in [6, 6.07) is 2.47. The molecule has 0 radical (unpaired) electrons. The predicted octanol–water partition coefficient (Wildman–Crippen LogP) is 4.03. The van der Waals surface area contributed by atoms with Gasteiger partial charge in [-0.05, 0) is 19.1 Å². The van der Waals surface area contributed by atoms with Crippen LogP contribution in [0.5, 0.6) is 17.5 Å². The summed E-state index contributed by atoms with van der Waals surface area (Å²) in [4.78, 5) is 22.7. The average molecular weight is 426 g/mol. The molecule has 7 nitrogen and oxygen atoms in total. The van der Waals surface area contributed by atoms with Crippen molar-refractivity contribution in [3.63, 3.8) is 0 Å². The minimum atomic E-state index is -3.16. The molecule has 0 aliphatic heterocycles. The maximum atomic E-state index is 14.6. The summed E-state index contributed by atoms with van der Waals surface area (Å²) in [6.45, 7) is 4.07. The Morgan fingerprint density at radius 1 is 1.28 bits per heavy atom. The highest BCUT2D eigenvalue weighted by atomic mass is 32.1. The Balaban J connectivity index is 1.70. The van der Waals surface area contributed by atoms with Crippen molar-refractivity contribution >= 4 is 27.5 Å². The molecule has 0 spiro atoms. The predicted molar refractivity (Wildman–Crippen MR) is 100 cm³/mol. The maximum Gasteiger partial charge on any atom is 0.296 e. The molecule has 0 saturated heterocycles. The third-order valence-electron chi connectivity index (χ3n) is 3.59. The van der Waals surface area contributed by atoms with Gasteiger partial charge in [-0.2, -0.15) is 8.78 Å². The molecule has 1 atom stereocenters. The van der Waals surface area contributed by atoms with E-state index in [2.05, 4.69) is 20.3 Å². The molecule has 0 bridgehead atoms. The minimum Gasteiger partial charge on any atom is -0.474 e. The van der Waals surface area contributed by atoms with Crippen LogP contribution in [-0.4, -0.2) is 33.5 Å². The quantitative estimate of drug-likeness (QED) is 0.614. The van der Waals surface area contributed by atoms with Gasteiger partial charge >= 0.3 is 0 Å². The molecular weight excluding hydrogens is 409 g/mol. The molecule has 3 rings (SSSR count). The molecular formula is C18H17F3N4O3S. The van der Waals surface area contributed by atoms with Crippen molar-refractivity contribution in [3.05, 3.63) is 35.4 Å². The number of hydrogen-bond acceptors (Lipinski definition) is 7. The van der Waals surface area contributed by atoms with Crippen molar-refractivity contribution in [2.45, 2.75) is 32.7 Å². The fraction of sp³-hybridized carbons (Fsp3) is 0.333. The van der Waals surface area contributed by atoms with Gasteiger partial charge in [-0.25, -0.2) is 19.3 Å². The van der Waals surface area contributed by atoms with Crippen molar-refractivity contribution in [1.29, 1.82) is 0 Å². The van der Waals surface area contributed by atoms with E-state index in [9.17, 15) is 18.0 Å². The third-order valence-corrected chi connectivity index (χ3v) is 4.82. The number of carbonyl (C=O) groups excluding carboxylic acids is 1. The van der Waals surface area contributed by atoms with E-state index in [0.29, 0.717) is 18.3 Å². The smallest absolute Gasteiger partial charge is 0.296 e. The van der Waals surface area contributed by atoms with E-state index in [1.165, 1.54) is 31.5 Å². The lowest BCUT2D eigenvalue weighted by Crippen LogP contribution is -2.35. The number of fused-ring (bicyclic) bond motifs is 1. The zero-order valence-electron chi connectivity index (χ0n) is 15.7. The number of nitrogens with one attached hydrogen (secondary N) is 1. The molecule has 0 aliphatic rings. The number of halogens is 3. The SMILES string of the molecule is CC(=O)NC(C)COc1cnc(Oc2ccc3nc(C(C)(F)F)sc3c2F)cn1. The zero-order valence-corrected chi connectivity index (χ0v) is 16.5. The van der Waals surface area contributed by atoms with E-state index in [-0.39, 0.29) is 46.3 Å². The lowest BCUT2D eigenvalue weighted by molar-refractivity contribution is -0.119. The number of alkyl halides is 2. The molecule has 2 heterocycles. The molecule has 11 heteroatoms. The third kappa shape index (κ3) is 5.11. The summed E-state index contributed by atoms with van der Waals surface area (Å²) in [5.74, 6) is -4.13. The number of rotatable bonds is 7. The van der Waals surface area contributed by atoms with Gasteiger partial charge in [0, 0.05) is 13.8 Å². The van der Waals surface area contributed by atoms with Crippen molar-refractivity contribution in [1.82, 2.24) is 20.3 Å². The van der Waals surface area contributed by atoms with Gasteiger partial charge in [0.2, 0.25) is 17.7 Å². The van der Waals surface area contributed by atoms with Gasteiger partial charge in [0.05, 0.1) is 28.7 Å². The normalized spacial score (nSPS) is 12.6. The molecule has 1 amide bonds. The number of ether oxygens (including phenoxy) is 2. The van der Waals surface area contributed by atoms with E-state index in [0.717, 1.165) is 0 Å². The first kappa shape index (κ1) is 20.8. The summed E-state index contributed by atoms with van der Waals surface area (Å²) >= 11 is 0.569. The molecule has 154 valence electrons. The average Bonchev–Trinajstić information content (AvgIpc) is 3.08. The van der Waals surface area contributed by atoms with Crippen molar-refractivity contribution in [2.75, 3.05) is 6.61 Å². The van der Waals surface area contributed by atoms with Crippen LogP contribution in [0.3, 0.4) is 0 Å². The lowest BCUT2D eigenvalue weighted by atomic mass is 10.3. The largest absolute Gasteiger partial charge is 0.474 e. The van der Waals surface area contributed by atoms with Gasteiger partial charge in [0.15, 0.2) is 16.6 Å². The van der Waals surface area contributed by atoms with Gasteiger partial charge in [-0.1, -0.05) is 0 Å². The summed E-state index contributed by atoms with van der Waals surface area (Å²) < 4.78 is 52.2. The number of amides is 1. The number of benzene rings is 1. The molecule has 0 fully saturated rings. The Morgan fingerprint density at radius 3 is 2.59 bits per heavy atom. The van der Waals surface area contributed by atoms with Crippen LogP contribution in [0, 0.1) is 5.82 Å². The topological polar surface area (TPSA) is 86.2 Å². The van der Waals surface area contributed by atoms with Crippen molar-refractivity contribution < 1.29 is 27.4 Å².